The Bertz CT molecular complexity index is 470. The van der Waals surface area contributed by atoms with Crippen molar-refractivity contribution >= 4 is 17.7 Å². The number of piperazine rings is 1. The van der Waals surface area contributed by atoms with Gasteiger partial charge in [0, 0.05) is 58.2 Å². The highest BCUT2D eigenvalue weighted by molar-refractivity contribution is 7.99. The quantitative estimate of drug-likeness (QED) is 0.746. The number of thioether (sulfide) groups is 1. The highest BCUT2D eigenvalue weighted by Gasteiger charge is 2.18. The Kier molecular flexibility index (Phi) is 6.72. The number of hydrogen-bond donors (Lipinski definition) is 1. The van der Waals surface area contributed by atoms with E-state index in [9.17, 15) is 4.79 Å². The lowest BCUT2D eigenvalue weighted by Crippen LogP contribution is -2.48. The number of carbonyl (C=O) groups excluding carboxylic acids is 1. The number of hydrogen-bond acceptors (Lipinski definition) is 5. The standard InChI is InChI=1S/C15H27N5OS/c1-13(20-10-8-18(2)9-11-20)4-5-16-14(21)12-22-15-17-6-7-19(15)3/h6-7,13H,4-5,8-12H2,1-3H3,(H,16,21)/t13-/m0/s1. The van der Waals surface area contributed by atoms with E-state index in [1.54, 1.807) is 6.20 Å². The van der Waals surface area contributed by atoms with Crippen molar-refractivity contribution in [1.82, 2.24) is 24.7 Å². The molecule has 22 heavy (non-hydrogen) atoms. The second kappa shape index (κ2) is 8.55. The van der Waals surface area contributed by atoms with E-state index in [0.717, 1.165) is 44.3 Å². The van der Waals surface area contributed by atoms with Gasteiger partial charge in [0.1, 0.15) is 0 Å². The van der Waals surface area contributed by atoms with Crippen LogP contribution >= 0.6 is 11.8 Å². The summed E-state index contributed by atoms with van der Waals surface area (Å²) in [4.78, 5) is 20.9. The molecule has 1 aromatic rings. The second-order valence-corrected chi connectivity index (χ2v) is 6.88. The number of carbonyl (C=O) groups is 1. The van der Waals surface area contributed by atoms with Gasteiger partial charge in [-0.05, 0) is 20.4 Å². The van der Waals surface area contributed by atoms with E-state index >= 15 is 0 Å². The van der Waals surface area contributed by atoms with Gasteiger partial charge in [0.15, 0.2) is 5.16 Å². The van der Waals surface area contributed by atoms with Crippen molar-refractivity contribution in [3.8, 4) is 0 Å². The summed E-state index contributed by atoms with van der Waals surface area (Å²) in [5, 5.41) is 3.89. The largest absolute Gasteiger partial charge is 0.355 e. The second-order valence-electron chi connectivity index (χ2n) is 5.94. The summed E-state index contributed by atoms with van der Waals surface area (Å²) in [6.45, 7) is 7.52. The first-order valence-electron chi connectivity index (χ1n) is 7.85. The summed E-state index contributed by atoms with van der Waals surface area (Å²) in [5.74, 6) is 0.506. The first kappa shape index (κ1) is 17.3. The van der Waals surface area contributed by atoms with Crippen LogP contribution in [0.2, 0.25) is 0 Å². The van der Waals surface area contributed by atoms with Crippen LogP contribution in [-0.2, 0) is 11.8 Å². The van der Waals surface area contributed by atoms with Crippen LogP contribution in [0.25, 0.3) is 0 Å². The third kappa shape index (κ3) is 5.30. The number of nitrogens with one attached hydrogen (secondary N) is 1. The molecule has 1 saturated heterocycles. The first-order chi connectivity index (χ1) is 10.6. The van der Waals surface area contributed by atoms with Gasteiger partial charge in [-0.15, -0.1) is 0 Å². The summed E-state index contributed by atoms with van der Waals surface area (Å²) in [7, 11) is 4.10. The average molecular weight is 325 g/mol. The molecule has 2 heterocycles. The monoisotopic (exact) mass is 325 g/mol. The zero-order chi connectivity index (χ0) is 15.9. The van der Waals surface area contributed by atoms with Crippen LogP contribution in [0.15, 0.2) is 17.6 Å². The van der Waals surface area contributed by atoms with Gasteiger partial charge in [-0.3, -0.25) is 9.69 Å². The zero-order valence-corrected chi connectivity index (χ0v) is 14.6. The van der Waals surface area contributed by atoms with Gasteiger partial charge in [0.2, 0.25) is 5.91 Å². The van der Waals surface area contributed by atoms with Crippen LogP contribution in [0.5, 0.6) is 0 Å². The molecule has 0 aromatic carbocycles. The topological polar surface area (TPSA) is 53.4 Å². The summed E-state index contributed by atoms with van der Waals surface area (Å²) >= 11 is 1.47. The summed E-state index contributed by atoms with van der Waals surface area (Å²) in [6.07, 6.45) is 4.64. The van der Waals surface area contributed by atoms with E-state index < -0.39 is 0 Å². The van der Waals surface area contributed by atoms with Gasteiger partial charge in [0.05, 0.1) is 5.75 Å². The maximum absolute atomic E-state index is 11.9. The smallest absolute Gasteiger partial charge is 0.230 e. The lowest BCUT2D eigenvalue weighted by atomic mass is 10.1. The molecule has 1 aliphatic rings. The molecule has 1 aliphatic heterocycles. The van der Waals surface area contributed by atoms with Crippen LogP contribution in [0.3, 0.4) is 0 Å². The molecule has 0 radical (unpaired) electrons. The molecular weight excluding hydrogens is 298 g/mol. The van der Waals surface area contributed by atoms with Crippen LogP contribution in [0.1, 0.15) is 13.3 Å². The molecule has 0 unspecified atom stereocenters. The Hall–Kier alpha value is -1.05. The minimum Gasteiger partial charge on any atom is -0.355 e. The van der Waals surface area contributed by atoms with Crippen molar-refractivity contribution in [3.05, 3.63) is 12.4 Å². The van der Waals surface area contributed by atoms with Crippen LogP contribution in [-0.4, -0.2) is 76.8 Å². The number of imidazole rings is 1. The average Bonchev–Trinajstić information content (AvgIpc) is 2.91. The van der Waals surface area contributed by atoms with E-state index in [1.807, 2.05) is 17.8 Å². The Balaban J connectivity index is 1.59. The lowest BCUT2D eigenvalue weighted by Gasteiger charge is -2.36. The molecule has 1 fully saturated rings. The van der Waals surface area contributed by atoms with Gasteiger partial charge in [-0.25, -0.2) is 4.98 Å². The molecule has 1 amide bonds. The number of likely N-dealkylation sites (N-methyl/N-ethyl adjacent to an activating group) is 1. The van der Waals surface area contributed by atoms with Crippen molar-refractivity contribution in [2.24, 2.45) is 7.05 Å². The van der Waals surface area contributed by atoms with E-state index in [-0.39, 0.29) is 5.91 Å². The molecule has 0 bridgehead atoms. The Labute approximate surface area is 137 Å². The predicted molar refractivity (Wildman–Crippen MR) is 90.1 cm³/mol. The Morgan fingerprint density at radius 1 is 1.36 bits per heavy atom. The Morgan fingerprint density at radius 2 is 2.09 bits per heavy atom. The van der Waals surface area contributed by atoms with Gasteiger partial charge >= 0.3 is 0 Å². The third-order valence-corrected chi connectivity index (χ3v) is 5.21. The highest BCUT2D eigenvalue weighted by atomic mass is 32.2. The van der Waals surface area contributed by atoms with Crippen LogP contribution < -0.4 is 5.32 Å². The summed E-state index contributed by atoms with van der Waals surface area (Å²) in [6, 6.07) is 0.524. The van der Waals surface area contributed by atoms with Gasteiger partial charge in [0.25, 0.3) is 0 Å². The fourth-order valence-electron chi connectivity index (χ4n) is 2.54. The SMILES string of the molecule is C[C@@H](CCNC(=O)CSc1nccn1C)N1CCN(C)CC1. The molecule has 0 saturated carbocycles. The van der Waals surface area contributed by atoms with E-state index in [4.69, 9.17) is 0 Å². The normalized spacial score (nSPS) is 18.3. The fraction of sp³-hybridized carbons (Fsp3) is 0.733. The zero-order valence-electron chi connectivity index (χ0n) is 13.8. The lowest BCUT2D eigenvalue weighted by molar-refractivity contribution is -0.118. The minimum atomic E-state index is 0.0820. The third-order valence-electron chi connectivity index (χ3n) is 4.15. The van der Waals surface area contributed by atoms with E-state index in [2.05, 4.69) is 34.1 Å². The molecule has 1 N–H and O–H groups in total. The molecule has 1 atom stereocenters. The number of nitrogens with zero attached hydrogens (tertiary/aromatic N) is 4. The molecule has 124 valence electrons. The fourth-order valence-corrected chi connectivity index (χ4v) is 3.30. The van der Waals surface area contributed by atoms with E-state index in [1.165, 1.54) is 11.8 Å². The molecule has 6 nitrogen and oxygen atoms in total. The van der Waals surface area contributed by atoms with Gasteiger partial charge < -0.3 is 14.8 Å². The van der Waals surface area contributed by atoms with E-state index in [0.29, 0.717) is 11.8 Å². The summed E-state index contributed by atoms with van der Waals surface area (Å²) in [5.41, 5.74) is 0. The molecule has 2 rings (SSSR count). The van der Waals surface area contributed by atoms with Crippen molar-refractivity contribution in [2.45, 2.75) is 24.5 Å². The number of rotatable bonds is 7. The van der Waals surface area contributed by atoms with Crippen molar-refractivity contribution < 1.29 is 4.79 Å². The van der Waals surface area contributed by atoms with Gasteiger partial charge in [-0.1, -0.05) is 11.8 Å². The molecular formula is C15H27N5OS. The number of aromatic nitrogens is 2. The minimum absolute atomic E-state index is 0.0820. The maximum atomic E-state index is 11.9. The van der Waals surface area contributed by atoms with Crippen LogP contribution in [0, 0.1) is 0 Å². The molecule has 7 heteroatoms. The number of aryl methyl sites for hydroxylation is 1. The number of amides is 1. The van der Waals surface area contributed by atoms with Crippen molar-refractivity contribution in [1.29, 1.82) is 0 Å². The van der Waals surface area contributed by atoms with Crippen molar-refractivity contribution in [2.75, 3.05) is 45.5 Å². The maximum Gasteiger partial charge on any atom is 0.230 e. The first-order valence-corrected chi connectivity index (χ1v) is 8.84. The van der Waals surface area contributed by atoms with Gasteiger partial charge in [-0.2, -0.15) is 0 Å². The van der Waals surface area contributed by atoms with Crippen molar-refractivity contribution in [3.63, 3.8) is 0 Å². The van der Waals surface area contributed by atoms with Crippen LogP contribution in [0.4, 0.5) is 0 Å². The molecule has 0 spiro atoms. The highest BCUT2D eigenvalue weighted by Crippen LogP contribution is 2.13. The summed E-state index contributed by atoms with van der Waals surface area (Å²) < 4.78 is 1.92. The Morgan fingerprint density at radius 3 is 2.73 bits per heavy atom. The predicted octanol–water partition coefficient (Wildman–Crippen LogP) is 0.654. The molecule has 1 aromatic heterocycles. The molecule has 0 aliphatic carbocycles.